The molecule has 1 atom stereocenters. The molecule has 0 radical (unpaired) electrons. The number of unbranched alkanes of at least 4 members (excludes halogenated alkanes) is 1. The van der Waals surface area contributed by atoms with Gasteiger partial charge in [-0.2, -0.15) is 0 Å². The monoisotopic (exact) mass is 374 g/mol. The fourth-order valence-corrected chi connectivity index (χ4v) is 3.32. The van der Waals surface area contributed by atoms with Crippen LogP contribution in [0.2, 0.25) is 0 Å². The third-order valence-corrected chi connectivity index (χ3v) is 5.14. The van der Waals surface area contributed by atoms with Gasteiger partial charge in [0.25, 0.3) is 5.91 Å². The van der Waals surface area contributed by atoms with E-state index in [1.165, 1.54) is 5.56 Å². The molecule has 1 aromatic carbocycles. The Kier molecular flexibility index (Phi) is 8.14. The summed E-state index contributed by atoms with van der Waals surface area (Å²) in [6, 6.07) is 8.13. The van der Waals surface area contributed by atoms with E-state index in [4.69, 9.17) is 4.74 Å². The van der Waals surface area contributed by atoms with E-state index in [2.05, 4.69) is 26.1 Å². The van der Waals surface area contributed by atoms with Crippen molar-refractivity contribution in [1.82, 2.24) is 10.2 Å². The molecule has 27 heavy (non-hydrogen) atoms. The van der Waals surface area contributed by atoms with E-state index in [9.17, 15) is 9.59 Å². The van der Waals surface area contributed by atoms with Crippen LogP contribution in [0, 0.1) is 0 Å². The number of hydrogen-bond acceptors (Lipinski definition) is 3. The van der Waals surface area contributed by atoms with Gasteiger partial charge in [0.15, 0.2) is 6.10 Å². The third-order valence-electron chi connectivity index (χ3n) is 5.14. The Bertz CT molecular complexity index is 604. The lowest BCUT2D eigenvalue weighted by atomic mass is 10.0. The SMILES string of the molecule is CCCCC(=O)NC1CCN(C(=O)C(C)Oc2ccc(C(C)C)cc2)CC1. The van der Waals surface area contributed by atoms with Crippen LogP contribution in [0.1, 0.15) is 71.3 Å². The van der Waals surface area contributed by atoms with Crippen LogP contribution in [-0.2, 0) is 9.59 Å². The van der Waals surface area contributed by atoms with E-state index in [1.54, 1.807) is 6.92 Å². The van der Waals surface area contributed by atoms with Gasteiger partial charge in [0.2, 0.25) is 5.91 Å². The summed E-state index contributed by atoms with van der Waals surface area (Å²) in [5.74, 6) is 1.34. The van der Waals surface area contributed by atoms with Crippen LogP contribution < -0.4 is 10.1 Å². The van der Waals surface area contributed by atoms with Gasteiger partial charge in [-0.25, -0.2) is 0 Å². The molecule has 1 aromatic rings. The van der Waals surface area contributed by atoms with Crippen LogP contribution in [-0.4, -0.2) is 41.9 Å². The topological polar surface area (TPSA) is 58.6 Å². The molecular formula is C22H34N2O3. The van der Waals surface area contributed by atoms with Gasteiger partial charge in [0.1, 0.15) is 5.75 Å². The number of carbonyl (C=O) groups is 2. The van der Waals surface area contributed by atoms with Gasteiger partial charge in [-0.3, -0.25) is 9.59 Å². The second-order valence-corrected chi connectivity index (χ2v) is 7.75. The minimum absolute atomic E-state index is 0.0127. The maximum atomic E-state index is 12.7. The van der Waals surface area contributed by atoms with Crippen molar-refractivity contribution in [3.8, 4) is 5.75 Å². The lowest BCUT2D eigenvalue weighted by molar-refractivity contribution is -0.139. The van der Waals surface area contributed by atoms with Gasteiger partial charge < -0.3 is 15.0 Å². The van der Waals surface area contributed by atoms with Crippen molar-refractivity contribution in [2.75, 3.05) is 13.1 Å². The minimum Gasteiger partial charge on any atom is -0.481 e. The smallest absolute Gasteiger partial charge is 0.263 e. The van der Waals surface area contributed by atoms with Crippen molar-refractivity contribution in [1.29, 1.82) is 0 Å². The van der Waals surface area contributed by atoms with Crippen LogP contribution >= 0.6 is 0 Å². The average Bonchev–Trinajstić information content (AvgIpc) is 2.66. The summed E-state index contributed by atoms with van der Waals surface area (Å²) in [6.45, 7) is 9.52. The van der Waals surface area contributed by atoms with E-state index in [0.717, 1.165) is 31.4 Å². The number of amides is 2. The van der Waals surface area contributed by atoms with Crippen molar-refractivity contribution >= 4 is 11.8 Å². The summed E-state index contributed by atoms with van der Waals surface area (Å²) in [4.78, 5) is 26.4. The fourth-order valence-electron chi connectivity index (χ4n) is 3.32. The lowest BCUT2D eigenvalue weighted by Crippen LogP contribution is -2.49. The summed E-state index contributed by atoms with van der Waals surface area (Å²) >= 11 is 0. The highest BCUT2D eigenvalue weighted by molar-refractivity contribution is 5.81. The average molecular weight is 375 g/mol. The Morgan fingerprint density at radius 2 is 1.78 bits per heavy atom. The fraction of sp³-hybridized carbons (Fsp3) is 0.636. The number of ether oxygens (including phenoxy) is 1. The lowest BCUT2D eigenvalue weighted by Gasteiger charge is -2.33. The number of carbonyl (C=O) groups excluding carboxylic acids is 2. The molecule has 0 aliphatic carbocycles. The zero-order valence-electron chi connectivity index (χ0n) is 17.2. The summed E-state index contributed by atoms with van der Waals surface area (Å²) in [6.07, 6.45) is 3.65. The van der Waals surface area contributed by atoms with Crippen LogP contribution in [0.4, 0.5) is 0 Å². The highest BCUT2D eigenvalue weighted by atomic mass is 16.5. The molecule has 150 valence electrons. The second kappa shape index (κ2) is 10.3. The molecule has 5 nitrogen and oxygen atoms in total. The molecule has 0 spiro atoms. The van der Waals surface area contributed by atoms with Gasteiger partial charge in [-0.15, -0.1) is 0 Å². The van der Waals surface area contributed by atoms with Crippen LogP contribution in [0.15, 0.2) is 24.3 Å². The normalized spacial score (nSPS) is 16.3. The van der Waals surface area contributed by atoms with E-state index in [-0.39, 0.29) is 17.9 Å². The summed E-state index contributed by atoms with van der Waals surface area (Å²) in [5, 5.41) is 3.09. The number of piperidine rings is 1. The predicted octanol–water partition coefficient (Wildman–Crippen LogP) is 3.87. The van der Waals surface area contributed by atoms with Crippen LogP contribution in [0.5, 0.6) is 5.75 Å². The molecule has 0 saturated carbocycles. The molecular weight excluding hydrogens is 340 g/mol. The predicted molar refractivity (Wildman–Crippen MR) is 108 cm³/mol. The maximum Gasteiger partial charge on any atom is 0.263 e. The van der Waals surface area contributed by atoms with Gasteiger partial charge in [0.05, 0.1) is 0 Å². The van der Waals surface area contributed by atoms with Crippen LogP contribution in [0.25, 0.3) is 0 Å². The molecule has 2 rings (SSSR count). The van der Waals surface area contributed by atoms with Crippen molar-refractivity contribution in [3.63, 3.8) is 0 Å². The quantitative estimate of drug-likeness (QED) is 0.751. The van der Waals surface area contributed by atoms with Gasteiger partial charge in [-0.05, 0) is 49.8 Å². The van der Waals surface area contributed by atoms with E-state index in [0.29, 0.717) is 25.4 Å². The molecule has 1 fully saturated rings. The standard InChI is InChI=1S/C22H34N2O3/c1-5-6-7-21(25)23-19-12-14-24(15-13-19)22(26)17(4)27-20-10-8-18(9-11-20)16(2)3/h8-11,16-17,19H,5-7,12-15H2,1-4H3,(H,23,25). The Hall–Kier alpha value is -2.04. The summed E-state index contributed by atoms with van der Waals surface area (Å²) in [5.41, 5.74) is 1.25. The highest BCUT2D eigenvalue weighted by Gasteiger charge is 2.27. The van der Waals surface area contributed by atoms with Crippen LogP contribution in [0.3, 0.4) is 0 Å². The van der Waals surface area contributed by atoms with E-state index in [1.807, 2.05) is 29.2 Å². The number of nitrogens with zero attached hydrogens (tertiary/aromatic N) is 1. The van der Waals surface area contributed by atoms with Crippen molar-refractivity contribution in [2.45, 2.75) is 77.9 Å². The number of rotatable bonds is 8. The molecule has 1 heterocycles. The Morgan fingerprint density at radius 3 is 2.33 bits per heavy atom. The third kappa shape index (κ3) is 6.56. The molecule has 0 aromatic heterocycles. The molecule has 0 bridgehead atoms. The largest absolute Gasteiger partial charge is 0.481 e. The molecule has 2 amide bonds. The Morgan fingerprint density at radius 1 is 1.15 bits per heavy atom. The number of benzene rings is 1. The Balaban J connectivity index is 1.78. The summed E-state index contributed by atoms with van der Waals surface area (Å²) < 4.78 is 5.84. The first-order valence-corrected chi connectivity index (χ1v) is 10.3. The Labute approximate surface area is 163 Å². The molecule has 5 heteroatoms. The highest BCUT2D eigenvalue weighted by Crippen LogP contribution is 2.20. The second-order valence-electron chi connectivity index (χ2n) is 7.75. The molecule has 1 aliphatic rings. The zero-order valence-corrected chi connectivity index (χ0v) is 17.2. The first-order chi connectivity index (χ1) is 12.9. The van der Waals surface area contributed by atoms with Crippen molar-refractivity contribution in [3.05, 3.63) is 29.8 Å². The van der Waals surface area contributed by atoms with E-state index >= 15 is 0 Å². The van der Waals surface area contributed by atoms with Crippen molar-refractivity contribution < 1.29 is 14.3 Å². The molecule has 1 unspecified atom stereocenters. The number of hydrogen-bond donors (Lipinski definition) is 1. The zero-order chi connectivity index (χ0) is 19.8. The van der Waals surface area contributed by atoms with E-state index < -0.39 is 6.10 Å². The van der Waals surface area contributed by atoms with Gasteiger partial charge in [-0.1, -0.05) is 39.3 Å². The first kappa shape index (κ1) is 21.3. The first-order valence-electron chi connectivity index (χ1n) is 10.3. The summed E-state index contributed by atoms with van der Waals surface area (Å²) in [7, 11) is 0. The van der Waals surface area contributed by atoms with Gasteiger partial charge >= 0.3 is 0 Å². The van der Waals surface area contributed by atoms with Crippen molar-refractivity contribution in [2.24, 2.45) is 0 Å². The van der Waals surface area contributed by atoms with Gasteiger partial charge in [0, 0.05) is 25.6 Å². The minimum atomic E-state index is -0.509. The maximum absolute atomic E-state index is 12.7. The number of nitrogens with one attached hydrogen (secondary N) is 1. The molecule has 1 saturated heterocycles. The molecule has 1 N–H and O–H groups in total. The number of likely N-dealkylation sites (tertiary alicyclic amines) is 1. The molecule has 1 aliphatic heterocycles.